The van der Waals surface area contributed by atoms with Crippen molar-refractivity contribution in [2.24, 2.45) is 0 Å². The number of carbonyl (C=O) groups excluding carboxylic acids is 1. The first kappa shape index (κ1) is 19.4. The van der Waals surface area contributed by atoms with E-state index in [1.807, 2.05) is 0 Å². The second kappa shape index (κ2) is 7.51. The van der Waals surface area contributed by atoms with E-state index in [0.29, 0.717) is 13.1 Å². The SMILES string of the molecule is CCN(CC)S(=O)(=O)c1cccc(C(=O)N2C[C@H](O)C[C@@H]2C(=O)O)c1. The molecule has 0 unspecified atom stereocenters. The van der Waals surface area contributed by atoms with Gasteiger partial charge in [-0.05, 0) is 18.2 Å². The smallest absolute Gasteiger partial charge is 0.326 e. The summed E-state index contributed by atoms with van der Waals surface area (Å²) in [5.74, 6) is -1.81. The van der Waals surface area contributed by atoms with Gasteiger partial charge in [-0.1, -0.05) is 19.9 Å². The van der Waals surface area contributed by atoms with Crippen LogP contribution in [0, 0.1) is 0 Å². The summed E-state index contributed by atoms with van der Waals surface area (Å²) in [4.78, 5) is 25.0. The molecule has 2 N–H and O–H groups in total. The minimum Gasteiger partial charge on any atom is -0.480 e. The van der Waals surface area contributed by atoms with Gasteiger partial charge in [-0.2, -0.15) is 4.31 Å². The summed E-state index contributed by atoms with van der Waals surface area (Å²) in [6, 6.07) is 4.42. The number of benzene rings is 1. The maximum atomic E-state index is 12.6. The van der Waals surface area contributed by atoms with Gasteiger partial charge in [0.25, 0.3) is 5.91 Å². The molecule has 1 fully saturated rings. The van der Waals surface area contributed by atoms with Gasteiger partial charge in [-0.15, -0.1) is 0 Å². The number of carbonyl (C=O) groups is 2. The number of hydrogen-bond donors (Lipinski definition) is 2. The molecule has 1 amide bonds. The van der Waals surface area contributed by atoms with Crippen LogP contribution in [0.2, 0.25) is 0 Å². The van der Waals surface area contributed by atoms with Gasteiger partial charge in [-0.3, -0.25) is 4.79 Å². The summed E-state index contributed by atoms with van der Waals surface area (Å²) in [5.41, 5.74) is 0.0774. The lowest BCUT2D eigenvalue weighted by Gasteiger charge is -2.22. The van der Waals surface area contributed by atoms with Gasteiger partial charge in [0.15, 0.2) is 0 Å². The summed E-state index contributed by atoms with van der Waals surface area (Å²) in [6.07, 6.45) is -0.953. The number of β-amino-alcohol motifs (C(OH)–C–C–N with tert-alkyl or cyclic N) is 1. The van der Waals surface area contributed by atoms with Crippen LogP contribution in [0.1, 0.15) is 30.6 Å². The van der Waals surface area contributed by atoms with Crippen molar-refractivity contribution in [3.63, 3.8) is 0 Å². The minimum absolute atomic E-state index is 0.0197. The third-order valence-corrected chi connectivity index (χ3v) is 6.29. The number of carboxylic acid groups (broad SMARTS) is 1. The van der Waals surface area contributed by atoms with E-state index < -0.39 is 34.0 Å². The number of rotatable bonds is 6. The first-order chi connectivity index (χ1) is 11.7. The second-order valence-corrected chi connectivity index (χ2v) is 7.76. The second-order valence-electron chi connectivity index (χ2n) is 5.82. The molecular formula is C16H22N2O6S. The van der Waals surface area contributed by atoms with E-state index in [9.17, 15) is 28.2 Å². The Kier molecular flexibility index (Phi) is 5.81. The van der Waals surface area contributed by atoms with Crippen LogP contribution in [0.5, 0.6) is 0 Å². The molecule has 1 aliphatic rings. The first-order valence-electron chi connectivity index (χ1n) is 8.04. The van der Waals surface area contributed by atoms with E-state index >= 15 is 0 Å². The Morgan fingerprint density at radius 2 is 1.92 bits per heavy atom. The van der Waals surface area contributed by atoms with Crippen LogP contribution in [-0.2, 0) is 14.8 Å². The topological polar surface area (TPSA) is 115 Å². The fraction of sp³-hybridized carbons (Fsp3) is 0.500. The van der Waals surface area contributed by atoms with Crippen molar-refractivity contribution in [1.82, 2.24) is 9.21 Å². The number of aliphatic hydroxyl groups is 1. The van der Waals surface area contributed by atoms with Crippen molar-refractivity contribution in [1.29, 1.82) is 0 Å². The number of amides is 1. The van der Waals surface area contributed by atoms with Crippen LogP contribution >= 0.6 is 0 Å². The summed E-state index contributed by atoms with van der Waals surface area (Å²) in [7, 11) is -3.72. The fourth-order valence-electron chi connectivity index (χ4n) is 2.94. The van der Waals surface area contributed by atoms with Gasteiger partial charge >= 0.3 is 5.97 Å². The Balaban J connectivity index is 2.35. The molecule has 2 atom stereocenters. The molecule has 8 nitrogen and oxygen atoms in total. The largest absolute Gasteiger partial charge is 0.480 e. The average molecular weight is 370 g/mol. The molecule has 1 heterocycles. The van der Waals surface area contributed by atoms with Gasteiger partial charge in [0.05, 0.1) is 11.0 Å². The van der Waals surface area contributed by atoms with E-state index in [1.165, 1.54) is 28.6 Å². The number of nitrogens with zero attached hydrogens (tertiary/aromatic N) is 2. The van der Waals surface area contributed by atoms with Crippen molar-refractivity contribution in [3.8, 4) is 0 Å². The Morgan fingerprint density at radius 1 is 1.28 bits per heavy atom. The zero-order valence-corrected chi connectivity index (χ0v) is 14.9. The third kappa shape index (κ3) is 3.83. The minimum atomic E-state index is -3.72. The van der Waals surface area contributed by atoms with Gasteiger partial charge in [0, 0.05) is 31.6 Å². The molecule has 0 saturated carbocycles. The molecule has 9 heteroatoms. The standard InChI is InChI=1S/C16H22N2O6S/c1-3-17(4-2)25(23,24)13-7-5-6-11(8-13)15(20)18-10-12(19)9-14(18)16(21)22/h5-8,12,14,19H,3-4,9-10H2,1-2H3,(H,21,22)/t12-,14-/m1/s1. The van der Waals surface area contributed by atoms with Crippen molar-refractivity contribution in [2.75, 3.05) is 19.6 Å². The maximum absolute atomic E-state index is 12.6. The van der Waals surface area contributed by atoms with Crippen molar-refractivity contribution < 1.29 is 28.2 Å². The molecule has 1 aromatic carbocycles. The highest BCUT2D eigenvalue weighted by Crippen LogP contribution is 2.23. The molecule has 138 valence electrons. The number of sulfonamides is 1. The van der Waals surface area contributed by atoms with Gasteiger partial charge in [0.2, 0.25) is 10.0 Å². The lowest BCUT2D eigenvalue weighted by Crippen LogP contribution is -2.40. The van der Waals surface area contributed by atoms with Crippen LogP contribution in [0.4, 0.5) is 0 Å². The van der Waals surface area contributed by atoms with Crippen molar-refractivity contribution >= 4 is 21.9 Å². The number of aliphatic hydroxyl groups excluding tert-OH is 1. The van der Waals surface area contributed by atoms with Crippen LogP contribution in [0.25, 0.3) is 0 Å². The van der Waals surface area contributed by atoms with Crippen molar-refractivity contribution in [2.45, 2.75) is 37.3 Å². The van der Waals surface area contributed by atoms with Gasteiger partial charge < -0.3 is 15.1 Å². The molecule has 1 saturated heterocycles. The lowest BCUT2D eigenvalue weighted by atomic mass is 10.1. The van der Waals surface area contributed by atoms with E-state index in [0.717, 1.165) is 4.90 Å². The maximum Gasteiger partial charge on any atom is 0.326 e. The fourth-order valence-corrected chi connectivity index (χ4v) is 4.44. The lowest BCUT2D eigenvalue weighted by molar-refractivity contribution is -0.141. The van der Waals surface area contributed by atoms with E-state index in [2.05, 4.69) is 0 Å². The van der Waals surface area contributed by atoms with Crippen molar-refractivity contribution in [3.05, 3.63) is 29.8 Å². The van der Waals surface area contributed by atoms with Gasteiger partial charge in [-0.25, -0.2) is 13.2 Å². The van der Waals surface area contributed by atoms with E-state index in [-0.39, 0.29) is 23.4 Å². The summed E-state index contributed by atoms with van der Waals surface area (Å²) in [6.45, 7) is 3.95. The third-order valence-electron chi connectivity index (χ3n) is 4.25. The molecule has 0 aromatic heterocycles. The molecule has 1 aliphatic heterocycles. The Morgan fingerprint density at radius 3 is 2.48 bits per heavy atom. The van der Waals surface area contributed by atoms with Crippen LogP contribution in [0.15, 0.2) is 29.2 Å². The Hall–Kier alpha value is -1.97. The molecule has 1 aromatic rings. The predicted molar refractivity (Wildman–Crippen MR) is 89.6 cm³/mol. The summed E-state index contributed by atoms with van der Waals surface area (Å²) in [5, 5.41) is 18.9. The normalized spacial score (nSPS) is 20.9. The van der Waals surface area contributed by atoms with Crippen LogP contribution in [0.3, 0.4) is 0 Å². The Labute approximate surface area is 146 Å². The molecule has 0 aliphatic carbocycles. The molecular weight excluding hydrogens is 348 g/mol. The molecule has 0 bridgehead atoms. The number of aliphatic carboxylic acids is 1. The van der Waals surface area contributed by atoms with Gasteiger partial charge in [0.1, 0.15) is 6.04 Å². The molecule has 2 rings (SSSR count). The Bertz CT molecular complexity index is 760. The average Bonchev–Trinajstić information content (AvgIpc) is 2.97. The highest BCUT2D eigenvalue weighted by Gasteiger charge is 2.39. The monoisotopic (exact) mass is 370 g/mol. The van der Waals surface area contributed by atoms with Crippen LogP contribution in [-0.4, -0.2) is 71.5 Å². The van der Waals surface area contributed by atoms with E-state index in [4.69, 9.17) is 0 Å². The highest BCUT2D eigenvalue weighted by molar-refractivity contribution is 7.89. The van der Waals surface area contributed by atoms with E-state index in [1.54, 1.807) is 13.8 Å². The molecule has 0 radical (unpaired) electrons. The molecule has 25 heavy (non-hydrogen) atoms. The summed E-state index contributed by atoms with van der Waals surface area (Å²) >= 11 is 0. The predicted octanol–water partition coefficient (Wildman–Crippen LogP) is 0.377. The number of likely N-dealkylation sites (tertiary alicyclic amines) is 1. The quantitative estimate of drug-likeness (QED) is 0.748. The van der Waals surface area contributed by atoms with Crippen LogP contribution < -0.4 is 0 Å². The first-order valence-corrected chi connectivity index (χ1v) is 9.48. The number of carboxylic acids is 1. The highest BCUT2D eigenvalue weighted by atomic mass is 32.2. The summed E-state index contributed by atoms with van der Waals surface area (Å²) < 4.78 is 26.4. The number of hydrogen-bond acceptors (Lipinski definition) is 5. The molecule has 0 spiro atoms. The zero-order chi connectivity index (χ0) is 18.8. The zero-order valence-electron chi connectivity index (χ0n) is 14.1.